The number of ether oxygens (including phenoxy) is 2. The lowest BCUT2D eigenvalue weighted by Gasteiger charge is -2.25. The Hall–Kier alpha value is -1.89. The molecule has 5 nitrogen and oxygen atoms in total. The Balaban J connectivity index is 1.67. The third-order valence-electron chi connectivity index (χ3n) is 4.05. The molecule has 0 radical (unpaired) electrons. The fourth-order valence-corrected chi connectivity index (χ4v) is 3.89. The van der Waals surface area contributed by atoms with Crippen LogP contribution in [-0.4, -0.2) is 48.6 Å². The molecular formula is C20H23ClN2O3S. The van der Waals surface area contributed by atoms with Crippen molar-refractivity contribution in [2.75, 3.05) is 43.1 Å². The fourth-order valence-electron chi connectivity index (χ4n) is 2.74. The van der Waals surface area contributed by atoms with Crippen molar-refractivity contribution in [1.82, 2.24) is 4.90 Å². The zero-order chi connectivity index (χ0) is 19.1. The molecule has 3 rings (SSSR count). The highest BCUT2D eigenvalue weighted by Crippen LogP contribution is 2.32. The lowest BCUT2D eigenvalue weighted by Crippen LogP contribution is -2.38. The molecule has 2 aromatic rings. The molecule has 1 aliphatic rings. The molecule has 1 heterocycles. The van der Waals surface area contributed by atoms with Crippen LogP contribution in [0.5, 0.6) is 17.2 Å². The molecule has 1 saturated heterocycles. The van der Waals surface area contributed by atoms with Crippen molar-refractivity contribution in [1.29, 1.82) is 0 Å². The predicted octanol–water partition coefficient (Wildman–Crippen LogP) is 4.52. The second-order valence-electron chi connectivity index (χ2n) is 6.08. The Labute approximate surface area is 169 Å². The van der Waals surface area contributed by atoms with Gasteiger partial charge in [-0.15, -0.1) is 0 Å². The molecule has 0 aromatic heterocycles. The number of amides is 1. The molecule has 0 unspecified atom stereocenters. The molecule has 0 atom stereocenters. The lowest BCUT2D eigenvalue weighted by atomic mass is 10.2. The van der Waals surface area contributed by atoms with E-state index in [9.17, 15) is 4.79 Å². The van der Waals surface area contributed by atoms with Gasteiger partial charge in [0.1, 0.15) is 11.5 Å². The maximum absolute atomic E-state index is 12.4. The minimum Gasteiger partial charge on any atom is -0.494 e. The van der Waals surface area contributed by atoms with E-state index in [1.54, 1.807) is 18.2 Å². The first-order valence-electron chi connectivity index (χ1n) is 8.94. The van der Waals surface area contributed by atoms with E-state index in [1.807, 2.05) is 43.0 Å². The van der Waals surface area contributed by atoms with Crippen LogP contribution in [0.2, 0.25) is 5.02 Å². The highest BCUT2D eigenvalue weighted by atomic mass is 35.5. The van der Waals surface area contributed by atoms with E-state index in [0.717, 1.165) is 30.3 Å². The Morgan fingerprint density at radius 1 is 1.15 bits per heavy atom. The summed E-state index contributed by atoms with van der Waals surface area (Å²) in [6.07, 6.45) is 0. The van der Waals surface area contributed by atoms with E-state index in [0.29, 0.717) is 35.4 Å². The van der Waals surface area contributed by atoms with Gasteiger partial charge in [0.25, 0.3) is 0 Å². The Bertz CT molecular complexity index is 764. The quantitative estimate of drug-likeness (QED) is 0.732. The van der Waals surface area contributed by atoms with Gasteiger partial charge >= 0.3 is 0 Å². The summed E-state index contributed by atoms with van der Waals surface area (Å²) < 4.78 is 11.4. The summed E-state index contributed by atoms with van der Waals surface area (Å²) >= 11 is 8.03. The summed E-state index contributed by atoms with van der Waals surface area (Å²) in [5.74, 6) is 4.05. The van der Waals surface area contributed by atoms with Crippen molar-refractivity contribution < 1.29 is 14.3 Å². The van der Waals surface area contributed by atoms with Gasteiger partial charge < -0.3 is 14.8 Å². The number of anilines is 1. The predicted molar refractivity (Wildman–Crippen MR) is 112 cm³/mol. The molecule has 0 bridgehead atoms. The van der Waals surface area contributed by atoms with Gasteiger partial charge in [0.05, 0.1) is 18.8 Å². The van der Waals surface area contributed by atoms with Crippen LogP contribution in [0.25, 0.3) is 0 Å². The van der Waals surface area contributed by atoms with E-state index >= 15 is 0 Å². The van der Waals surface area contributed by atoms with E-state index in [-0.39, 0.29) is 5.91 Å². The average molecular weight is 407 g/mol. The van der Waals surface area contributed by atoms with Gasteiger partial charge in [-0.3, -0.25) is 9.69 Å². The molecule has 1 fully saturated rings. The average Bonchev–Trinajstić information content (AvgIpc) is 2.66. The van der Waals surface area contributed by atoms with E-state index in [2.05, 4.69) is 10.2 Å². The van der Waals surface area contributed by atoms with Crippen LogP contribution < -0.4 is 14.8 Å². The van der Waals surface area contributed by atoms with Crippen LogP contribution in [0.1, 0.15) is 6.92 Å². The third kappa shape index (κ3) is 6.06. The maximum atomic E-state index is 12.4. The number of rotatable bonds is 7. The highest BCUT2D eigenvalue weighted by Gasteiger charge is 2.16. The van der Waals surface area contributed by atoms with Crippen LogP contribution in [0.4, 0.5) is 5.69 Å². The van der Waals surface area contributed by atoms with Crippen molar-refractivity contribution in [3.8, 4) is 17.2 Å². The van der Waals surface area contributed by atoms with Gasteiger partial charge in [0.2, 0.25) is 5.91 Å². The van der Waals surface area contributed by atoms with E-state index < -0.39 is 0 Å². The van der Waals surface area contributed by atoms with E-state index in [4.69, 9.17) is 21.1 Å². The van der Waals surface area contributed by atoms with Gasteiger partial charge in [-0.05, 0) is 49.4 Å². The summed E-state index contributed by atoms with van der Waals surface area (Å²) in [5.41, 5.74) is 0.563. The summed E-state index contributed by atoms with van der Waals surface area (Å²) in [6.45, 7) is 4.79. The number of hydrogen-bond acceptors (Lipinski definition) is 5. The summed E-state index contributed by atoms with van der Waals surface area (Å²) in [6, 6.07) is 12.6. The minimum absolute atomic E-state index is 0.0688. The summed E-state index contributed by atoms with van der Waals surface area (Å²) in [7, 11) is 0. The molecule has 7 heteroatoms. The molecule has 0 spiro atoms. The number of nitrogens with one attached hydrogen (secondary N) is 1. The van der Waals surface area contributed by atoms with Crippen LogP contribution >= 0.6 is 23.4 Å². The van der Waals surface area contributed by atoms with Crippen molar-refractivity contribution >= 4 is 35.0 Å². The molecule has 0 saturated carbocycles. The number of nitrogens with zero attached hydrogens (tertiary/aromatic N) is 1. The Kier molecular flexibility index (Phi) is 7.26. The topological polar surface area (TPSA) is 50.8 Å². The number of benzene rings is 2. The normalized spacial score (nSPS) is 14.6. The second-order valence-corrected chi connectivity index (χ2v) is 7.74. The van der Waals surface area contributed by atoms with Gasteiger partial charge in [-0.25, -0.2) is 0 Å². The molecule has 1 N–H and O–H groups in total. The smallest absolute Gasteiger partial charge is 0.238 e. The minimum atomic E-state index is -0.0688. The number of hydrogen-bond donors (Lipinski definition) is 1. The molecule has 0 aliphatic carbocycles. The highest BCUT2D eigenvalue weighted by molar-refractivity contribution is 7.99. The zero-order valence-corrected chi connectivity index (χ0v) is 16.8. The monoisotopic (exact) mass is 406 g/mol. The number of thioether (sulfide) groups is 1. The SMILES string of the molecule is CCOc1ccc(Oc2ccc(Cl)cc2NC(=O)CN2CCSCC2)cc1. The summed E-state index contributed by atoms with van der Waals surface area (Å²) in [4.78, 5) is 14.6. The molecule has 1 aliphatic heterocycles. The van der Waals surface area contributed by atoms with E-state index in [1.165, 1.54) is 0 Å². The fraction of sp³-hybridized carbons (Fsp3) is 0.350. The first-order valence-corrected chi connectivity index (χ1v) is 10.5. The number of halogens is 1. The molecular weight excluding hydrogens is 384 g/mol. The van der Waals surface area contributed by atoms with Crippen molar-refractivity contribution in [3.63, 3.8) is 0 Å². The van der Waals surface area contributed by atoms with Crippen molar-refractivity contribution in [2.24, 2.45) is 0 Å². The Morgan fingerprint density at radius 2 is 1.85 bits per heavy atom. The lowest BCUT2D eigenvalue weighted by molar-refractivity contribution is -0.117. The van der Waals surface area contributed by atoms with Crippen LogP contribution in [0.15, 0.2) is 42.5 Å². The van der Waals surface area contributed by atoms with Gasteiger partial charge in [-0.1, -0.05) is 11.6 Å². The second kappa shape index (κ2) is 9.88. The van der Waals surface area contributed by atoms with Crippen molar-refractivity contribution in [3.05, 3.63) is 47.5 Å². The number of carbonyl (C=O) groups excluding carboxylic acids is 1. The third-order valence-corrected chi connectivity index (χ3v) is 5.23. The van der Waals surface area contributed by atoms with Gasteiger partial charge in [0, 0.05) is 29.6 Å². The van der Waals surface area contributed by atoms with Crippen LogP contribution in [-0.2, 0) is 4.79 Å². The standard InChI is InChI=1S/C20H23ClN2O3S/c1-2-25-16-4-6-17(7-5-16)26-19-8-3-15(21)13-18(19)22-20(24)14-23-9-11-27-12-10-23/h3-8,13H,2,9-12,14H2,1H3,(H,22,24). The van der Waals surface area contributed by atoms with Gasteiger partial charge in [0.15, 0.2) is 5.75 Å². The molecule has 144 valence electrons. The maximum Gasteiger partial charge on any atom is 0.238 e. The van der Waals surface area contributed by atoms with Crippen LogP contribution in [0, 0.1) is 0 Å². The van der Waals surface area contributed by atoms with Crippen LogP contribution in [0.3, 0.4) is 0 Å². The first-order chi connectivity index (χ1) is 13.1. The Morgan fingerprint density at radius 3 is 2.56 bits per heavy atom. The largest absolute Gasteiger partial charge is 0.494 e. The molecule has 27 heavy (non-hydrogen) atoms. The summed E-state index contributed by atoms with van der Waals surface area (Å²) in [5, 5.41) is 3.47. The zero-order valence-electron chi connectivity index (χ0n) is 15.2. The van der Waals surface area contributed by atoms with Crippen molar-refractivity contribution in [2.45, 2.75) is 6.92 Å². The molecule has 2 aromatic carbocycles. The molecule has 1 amide bonds. The van der Waals surface area contributed by atoms with Gasteiger partial charge in [-0.2, -0.15) is 11.8 Å². The number of carbonyl (C=O) groups is 1. The first kappa shape index (κ1) is 19.9.